The van der Waals surface area contributed by atoms with Gasteiger partial charge in [0.15, 0.2) is 0 Å². The van der Waals surface area contributed by atoms with E-state index in [4.69, 9.17) is 10.2 Å². The molecule has 164 valence electrons. The second-order valence-electron chi connectivity index (χ2n) is 8.00. The van der Waals surface area contributed by atoms with Gasteiger partial charge in [-0.05, 0) is 48.7 Å². The van der Waals surface area contributed by atoms with Gasteiger partial charge in [-0.2, -0.15) is 5.10 Å². The van der Waals surface area contributed by atoms with Crippen LogP contribution in [0, 0.1) is 6.92 Å². The first-order valence-corrected chi connectivity index (χ1v) is 10.7. The Bertz CT molecular complexity index is 1410. The van der Waals surface area contributed by atoms with Gasteiger partial charge in [-0.1, -0.05) is 36.4 Å². The number of hydrogen-bond acceptors (Lipinski definition) is 5. The number of furan rings is 1. The second-order valence-corrected chi connectivity index (χ2v) is 8.00. The fraction of sp³-hybridized carbons (Fsp3) is 0.115. The van der Waals surface area contributed by atoms with Crippen LogP contribution >= 0.6 is 0 Å². The van der Waals surface area contributed by atoms with E-state index < -0.39 is 6.04 Å². The number of aryl methyl sites for hydroxylation is 1. The van der Waals surface area contributed by atoms with Gasteiger partial charge in [-0.3, -0.25) is 14.9 Å². The monoisotopic (exact) mass is 437 g/mol. The number of carbonyl (C=O) groups is 1. The summed E-state index contributed by atoms with van der Waals surface area (Å²) in [4.78, 5) is 17.4. The van der Waals surface area contributed by atoms with Crippen LogP contribution in [0.4, 0.5) is 5.69 Å². The molecule has 0 spiro atoms. The molecule has 0 unspecified atom stereocenters. The van der Waals surface area contributed by atoms with Gasteiger partial charge in [-0.25, -0.2) is 0 Å². The standard InChI is InChI=1S/C26H23N5O2/c1-16-21-12-18(7-8-24(21)31-30-16)22-13-20(14-28-25(22)19-9-10-33-15-19)29-26(32)23(27)11-17-5-3-2-4-6-17/h2-10,12-15,23H,11,27H2,1H3,(H,29,32)(H,30,31)/t23-/m0/s1. The number of H-pyrrole nitrogens is 1. The maximum absolute atomic E-state index is 12.8. The Labute approximate surface area is 190 Å². The molecule has 3 heterocycles. The van der Waals surface area contributed by atoms with Crippen molar-refractivity contribution in [2.24, 2.45) is 5.73 Å². The van der Waals surface area contributed by atoms with Crippen LogP contribution < -0.4 is 11.1 Å². The summed E-state index contributed by atoms with van der Waals surface area (Å²) in [5.74, 6) is -0.260. The molecular weight excluding hydrogens is 414 g/mol. The maximum Gasteiger partial charge on any atom is 0.241 e. The van der Waals surface area contributed by atoms with Gasteiger partial charge in [-0.15, -0.1) is 0 Å². The van der Waals surface area contributed by atoms with Crippen LogP contribution in [0.1, 0.15) is 11.3 Å². The van der Waals surface area contributed by atoms with Gasteiger partial charge in [0.25, 0.3) is 0 Å². The lowest BCUT2D eigenvalue weighted by atomic mass is 9.98. The zero-order valence-corrected chi connectivity index (χ0v) is 18.1. The van der Waals surface area contributed by atoms with Crippen molar-refractivity contribution in [1.29, 1.82) is 0 Å². The fourth-order valence-electron chi connectivity index (χ4n) is 3.88. The van der Waals surface area contributed by atoms with E-state index >= 15 is 0 Å². The third-order valence-corrected chi connectivity index (χ3v) is 5.64. The number of anilines is 1. The SMILES string of the molecule is Cc1[nH]nc2ccc(-c3cc(NC(=O)[C@@H](N)Cc4ccccc4)cnc3-c3ccoc3)cc12. The summed E-state index contributed by atoms with van der Waals surface area (Å²) in [5.41, 5.74) is 13.1. The molecule has 5 aromatic rings. The lowest BCUT2D eigenvalue weighted by molar-refractivity contribution is -0.117. The number of nitrogens with two attached hydrogens (primary N) is 1. The number of amides is 1. The van der Waals surface area contributed by atoms with Crippen molar-refractivity contribution in [2.45, 2.75) is 19.4 Å². The molecule has 0 radical (unpaired) electrons. The Kier molecular flexibility index (Phi) is 5.46. The number of benzene rings is 2. The molecule has 2 aromatic carbocycles. The molecule has 4 N–H and O–H groups in total. The molecule has 3 aromatic heterocycles. The smallest absolute Gasteiger partial charge is 0.241 e. The van der Waals surface area contributed by atoms with Crippen LogP contribution in [-0.2, 0) is 11.2 Å². The van der Waals surface area contributed by atoms with E-state index in [1.165, 1.54) is 0 Å². The number of pyridine rings is 1. The summed E-state index contributed by atoms with van der Waals surface area (Å²) in [6, 6.07) is 18.9. The van der Waals surface area contributed by atoms with Crippen molar-refractivity contribution in [3.8, 4) is 22.4 Å². The number of nitrogens with one attached hydrogen (secondary N) is 2. The van der Waals surface area contributed by atoms with E-state index in [1.807, 2.05) is 61.5 Å². The van der Waals surface area contributed by atoms with Crippen molar-refractivity contribution in [1.82, 2.24) is 15.2 Å². The summed E-state index contributed by atoms with van der Waals surface area (Å²) in [5, 5.41) is 11.3. The Balaban J connectivity index is 1.48. The number of carbonyl (C=O) groups excluding carboxylic acids is 1. The molecule has 0 fully saturated rings. The van der Waals surface area contributed by atoms with Gasteiger partial charge < -0.3 is 15.5 Å². The minimum absolute atomic E-state index is 0.260. The van der Waals surface area contributed by atoms with Crippen molar-refractivity contribution in [3.63, 3.8) is 0 Å². The van der Waals surface area contributed by atoms with E-state index in [-0.39, 0.29) is 5.91 Å². The summed E-state index contributed by atoms with van der Waals surface area (Å²) >= 11 is 0. The first-order chi connectivity index (χ1) is 16.1. The molecule has 1 amide bonds. The number of rotatable bonds is 6. The highest BCUT2D eigenvalue weighted by molar-refractivity contribution is 5.97. The van der Waals surface area contributed by atoms with E-state index in [9.17, 15) is 4.79 Å². The number of aromatic amines is 1. The molecule has 0 saturated carbocycles. The minimum atomic E-state index is -0.672. The Morgan fingerprint density at radius 3 is 2.76 bits per heavy atom. The molecular formula is C26H23N5O2. The third kappa shape index (κ3) is 4.26. The first-order valence-electron chi connectivity index (χ1n) is 10.7. The van der Waals surface area contributed by atoms with Gasteiger partial charge in [0.2, 0.25) is 5.91 Å². The zero-order valence-electron chi connectivity index (χ0n) is 18.1. The highest BCUT2D eigenvalue weighted by Gasteiger charge is 2.17. The van der Waals surface area contributed by atoms with E-state index in [0.29, 0.717) is 12.1 Å². The predicted molar refractivity (Wildman–Crippen MR) is 129 cm³/mol. The highest BCUT2D eigenvalue weighted by atomic mass is 16.3. The van der Waals surface area contributed by atoms with Gasteiger partial charge in [0.05, 0.1) is 41.7 Å². The largest absolute Gasteiger partial charge is 0.472 e. The molecule has 7 nitrogen and oxygen atoms in total. The summed E-state index contributed by atoms with van der Waals surface area (Å²) < 4.78 is 5.28. The van der Waals surface area contributed by atoms with Gasteiger partial charge in [0, 0.05) is 22.2 Å². The fourth-order valence-corrected chi connectivity index (χ4v) is 3.88. The van der Waals surface area contributed by atoms with Crippen molar-refractivity contribution in [2.75, 3.05) is 5.32 Å². The first kappa shape index (κ1) is 20.7. The maximum atomic E-state index is 12.8. The Hall–Kier alpha value is -4.23. The van der Waals surface area contributed by atoms with Crippen LogP contribution in [0.3, 0.4) is 0 Å². The molecule has 5 rings (SSSR count). The van der Waals surface area contributed by atoms with Crippen LogP contribution in [0.2, 0.25) is 0 Å². The predicted octanol–water partition coefficient (Wildman–Crippen LogP) is 4.70. The minimum Gasteiger partial charge on any atom is -0.472 e. The van der Waals surface area contributed by atoms with Gasteiger partial charge in [0.1, 0.15) is 0 Å². The van der Waals surface area contributed by atoms with E-state index in [0.717, 1.165) is 44.5 Å². The average Bonchev–Trinajstić information content (AvgIpc) is 3.50. The molecule has 0 aliphatic carbocycles. The quantitative estimate of drug-likeness (QED) is 0.357. The number of fused-ring (bicyclic) bond motifs is 1. The van der Waals surface area contributed by atoms with Crippen molar-refractivity contribution >= 4 is 22.5 Å². The topological polar surface area (TPSA) is 110 Å². The molecule has 0 saturated heterocycles. The number of hydrogen-bond donors (Lipinski definition) is 3. The van der Waals surface area contributed by atoms with Crippen LogP contribution in [0.15, 0.2) is 83.8 Å². The summed E-state index contributed by atoms with van der Waals surface area (Å²) in [6.45, 7) is 1.99. The van der Waals surface area contributed by atoms with E-state index in [2.05, 4.69) is 26.6 Å². The number of nitrogens with zero attached hydrogens (tertiary/aromatic N) is 2. The lowest BCUT2D eigenvalue weighted by Gasteiger charge is -2.14. The Morgan fingerprint density at radius 2 is 1.97 bits per heavy atom. The van der Waals surface area contributed by atoms with Crippen LogP contribution in [0.25, 0.3) is 33.3 Å². The average molecular weight is 438 g/mol. The zero-order chi connectivity index (χ0) is 22.8. The van der Waals surface area contributed by atoms with Crippen LogP contribution in [-0.4, -0.2) is 27.1 Å². The lowest BCUT2D eigenvalue weighted by Crippen LogP contribution is -2.37. The molecule has 33 heavy (non-hydrogen) atoms. The van der Waals surface area contributed by atoms with Crippen molar-refractivity contribution in [3.05, 3.63) is 90.6 Å². The molecule has 0 aliphatic heterocycles. The molecule has 0 bridgehead atoms. The van der Waals surface area contributed by atoms with Crippen molar-refractivity contribution < 1.29 is 9.21 Å². The normalized spacial score (nSPS) is 12.1. The second kappa shape index (κ2) is 8.72. The summed E-state index contributed by atoms with van der Waals surface area (Å²) in [7, 11) is 0. The molecule has 1 atom stereocenters. The Morgan fingerprint density at radius 1 is 1.12 bits per heavy atom. The van der Waals surface area contributed by atoms with E-state index in [1.54, 1.807) is 18.7 Å². The van der Waals surface area contributed by atoms with Gasteiger partial charge >= 0.3 is 0 Å². The highest BCUT2D eigenvalue weighted by Crippen LogP contribution is 2.34. The van der Waals surface area contributed by atoms with Crippen LogP contribution in [0.5, 0.6) is 0 Å². The molecule has 0 aliphatic rings. The number of aromatic nitrogens is 3. The summed E-state index contributed by atoms with van der Waals surface area (Å²) in [6.07, 6.45) is 5.36. The third-order valence-electron chi connectivity index (χ3n) is 5.64. The molecule has 7 heteroatoms.